The summed E-state index contributed by atoms with van der Waals surface area (Å²) in [5.74, 6) is 1.43. The van der Waals surface area contributed by atoms with Gasteiger partial charge in [-0.2, -0.15) is 5.26 Å². The normalized spacial score (nSPS) is 12.6. The highest BCUT2D eigenvalue weighted by Crippen LogP contribution is 2.31. The average Bonchev–Trinajstić information content (AvgIpc) is 3.31. The molecular weight excluding hydrogens is 411 g/mol. The number of nitrogens with zero attached hydrogens (tertiary/aromatic N) is 5. The van der Waals surface area contributed by atoms with Crippen LogP contribution in [0.1, 0.15) is 11.1 Å². The maximum absolute atomic E-state index is 14.5. The van der Waals surface area contributed by atoms with Crippen LogP contribution in [-0.2, 0) is 13.0 Å². The second-order valence-corrected chi connectivity index (χ2v) is 6.89. The van der Waals surface area contributed by atoms with Crippen LogP contribution in [0.3, 0.4) is 0 Å². The zero-order chi connectivity index (χ0) is 22.5. The lowest BCUT2D eigenvalue weighted by Gasteiger charge is -2.15. The fraction of sp³-hybridized carbons (Fsp3) is 0.217. The number of nitrogens with one attached hydrogen (secondary N) is 1. The van der Waals surface area contributed by atoms with Crippen molar-refractivity contribution in [2.75, 3.05) is 25.6 Å². The number of fused-ring (bicyclic) bond motifs is 1. The van der Waals surface area contributed by atoms with Gasteiger partial charge in [0, 0.05) is 53.3 Å². The number of methoxy groups -OCH3 is 1. The molecule has 1 aromatic carbocycles. The number of hydrogen-bond donors (Lipinski definition) is 1. The Hall–Kier alpha value is -4.19. The third kappa shape index (κ3) is 4.03. The van der Waals surface area contributed by atoms with Crippen molar-refractivity contribution in [1.29, 1.82) is 5.26 Å². The van der Waals surface area contributed by atoms with Crippen molar-refractivity contribution in [3.63, 3.8) is 0 Å². The van der Waals surface area contributed by atoms with Crippen molar-refractivity contribution in [2.24, 2.45) is 4.99 Å². The highest BCUT2D eigenvalue weighted by molar-refractivity contribution is 5.75. The lowest BCUT2D eigenvalue weighted by atomic mass is 10.0. The van der Waals surface area contributed by atoms with Crippen LogP contribution in [0.4, 0.5) is 10.2 Å². The van der Waals surface area contributed by atoms with Gasteiger partial charge in [-0.15, -0.1) is 0 Å². The number of aromatic nitrogens is 3. The fourth-order valence-corrected chi connectivity index (χ4v) is 3.58. The topological polar surface area (TPSA) is 97.4 Å². The monoisotopic (exact) mass is 432 g/mol. The molecule has 1 aliphatic rings. The molecule has 0 radical (unpaired) electrons. The van der Waals surface area contributed by atoms with Crippen molar-refractivity contribution in [3.8, 4) is 28.8 Å². The van der Waals surface area contributed by atoms with Crippen LogP contribution in [-0.4, -0.2) is 34.8 Å². The predicted octanol–water partition coefficient (Wildman–Crippen LogP) is 3.16. The summed E-state index contributed by atoms with van der Waals surface area (Å²) in [5, 5.41) is 12.2. The van der Waals surface area contributed by atoms with Gasteiger partial charge in [0.1, 0.15) is 23.9 Å². The van der Waals surface area contributed by atoms with E-state index in [1.54, 1.807) is 42.4 Å². The second kappa shape index (κ2) is 9.31. The zero-order valence-corrected chi connectivity index (χ0v) is 17.5. The van der Waals surface area contributed by atoms with Crippen molar-refractivity contribution in [1.82, 2.24) is 14.5 Å². The van der Waals surface area contributed by atoms with Gasteiger partial charge in [0.05, 0.1) is 26.3 Å². The van der Waals surface area contributed by atoms with Gasteiger partial charge in [-0.25, -0.2) is 19.4 Å². The second-order valence-electron chi connectivity index (χ2n) is 6.89. The summed E-state index contributed by atoms with van der Waals surface area (Å²) in [6.07, 6.45) is 5.48. The minimum absolute atomic E-state index is 0.0615. The lowest BCUT2D eigenvalue weighted by Crippen LogP contribution is -2.25. The first-order valence-electron chi connectivity index (χ1n) is 9.95. The zero-order valence-electron chi connectivity index (χ0n) is 17.5. The van der Waals surface area contributed by atoms with E-state index in [1.165, 1.54) is 6.07 Å². The number of benzene rings is 1. The molecule has 0 saturated heterocycles. The maximum atomic E-state index is 14.5. The van der Waals surface area contributed by atoms with Gasteiger partial charge in [0.25, 0.3) is 0 Å². The Balaban J connectivity index is 1.79. The third-order valence-electron chi connectivity index (χ3n) is 5.11. The summed E-state index contributed by atoms with van der Waals surface area (Å²) < 4.78 is 26.8. The predicted molar refractivity (Wildman–Crippen MR) is 117 cm³/mol. The van der Waals surface area contributed by atoms with Crippen LogP contribution < -0.4 is 20.4 Å². The molecule has 0 unspecified atom stereocenters. The highest BCUT2D eigenvalue weighted by Gasteiger charge is 2.19. The molecule has 0 atom stereocenters. The summed E-state index contributed by atoms with van der Waals surface area (Å²) in [6, 6.07) is 8.68. The summed E-state index contributed by atoms with van der Waals surface area (Å²) in [6.45, 7) is 4.55. The van der Waals surface area contributed by atoms with Crippen molar-refractivity contribution in [2.45, 2.75) is 13.0 Å². The average molecular weight is 432 g/mol. The van der Waals surface area contributed by atoms with Crippen LogP contribution in [0.25, 0.3) is 17.3 Å². The van der Waals surface area contributed by atoms with E-state index in [0.717, 1.165) is 11.1 Å². The van der Waals surface area contributed by atoms with Crippen molar-refractivity contribution >= 4 is 12.0 Å². The van der Waals surface area contributed by atoms with Gasteiger partial charge in [-0.1, -0.05) is 6.58 Å². The Labute approximate surface area is 184 Å². The molecule has 3 heterocycles. The van der Waals surface area contributed by atoms with Gasteiger partial charge in [-0.05, 0) is 18.2 Å². The van der Waals surface area contributed by atoms with Crippen LogP contribution in [0.2, 0.25) is 0 Å². The number of anilines is 1. The molecule has 0 saturated carbocycles. The summed E-state index contributed by atoms with van der Waals surface area (Å²) in [4.78, 5) is 13.2. The molecule has 4 rings (SSSR count). The maximum Gasteiger partial charge on any atom is 0.230 e. The van der Waals surface area contributed by atoms with Crippen LogP contribution in [0, 0.1) is 17.1 Å². The Morgan fingerprint density at radius 2 is 2.22 bits per heavy atom. The number of halogens is 1. The SMILES string of the molecule is C=Cn1c(NCC#N)c(-c2ccc(OC)nc2)cnc1=NCc1c(F)ccc2c1CCO2. The Kier molecular flexibility index (Phi) is 6.12. The molecule has 8 nitrogen and oxygen atoms in total. The van der Waals surface area contributed by atoms with E-state index in [9.17, 15) is 4.39 Å². The van der Waals surface area contributed by atoms with E-state index < -0.39 is 0 Å². The first-order chi connectivity index (χ1) is 15.7. The molecule has 0 spiro atoms. The molecule has 0 fully saturated rings. The number of hydrogen-bond acceptors (Lipinski definition) is 7. The summed E-state index contributed by atoms with van der Waals surface area (Å²) in [7, 11) is 1.54. The molecule has 32 heavy (non-hydrogen) atoms. The Bertz CT molecular complexity index is 1260. The molecule has 0 bridgehead atoms. The van der Waals surface area contributed by atoms with Gasteiger partial charge in [-0.3, -0.25) is 4.57 Å². The Morgan fingerprint density at radius 3 is 2.94 bits per heavy atom. The number of rotatable bonds is 7. The van der Waals surface area contributed by atoms with Crippen LogP contribution in [0.15, 0.2) is 48.2 Å². The van der Waals surface area contributed by atoms with E-state index >= 15 is 0 Å². The smallest absolute Gasteiger partial charge is 0.230 e. The molecule has 3 aromatic rings. The number of pyridine rings is 1. The molecule has 0 amide bonds. The van der Waals surface area contributed by atoms with Crippen LogP contribution in [0.5, 0.6) is 11.6 Å². The quantitative estimate of drug-likeness (QED) is 0.576. The molecule has 9 heteroatoms. The van der Waals surface area contributed by atoms with Crippen molar-refractivity contribution in [3.05, 3.63) is 65.8 Å². The van der Waals surface area contributed by atoms with Gasteiger partial charge in [0.15, 0.2) is 0 Å². The molecule has 0 aliphatic carbocycles. The minimum Gasteiger partial charge on any atom is -0.493 e. The highest BCUT2D eigenvalue weighted by atomic mass is 19.1. The largest absolute Gasteiger partial charge is 0.493 e. The number of nitriles is 1. The molecule has 1 aliphatic heterocycles. The van der Waals surface area contributed by atoms with E-state index in [-0.39, 0.29) is 18.9 Å². The first kappa shape index (κ1) is 21.1. The fourth-order valence-electron chi connectivity index (χ4n) is 3.58. The third-order valence-corrected chi connectivity index (χ3v) is 5.11. The van der Waals surface area contributed by atoms with Crippen LogP contribution >= 0.6 is 0 Å². The molecule has 2 aromatic heterocycles. The van der Waals surface area contributed by atoms with E-state index in [4.69, 9.17) is 14.7 Å². The lowest BCUT2D eigenvalue weighted by molar-refractivity contribution is 0.356. The number of ether oxygens (including phenoxy) is 2. The first-order valence-corrected chi connectivity index (χ1v) is 9.95. The standard InChI is InChI=1S/C23H21FN6O2/c1-3-30-22(26-10-9-25)17(15-4-7-21(31-2)27-12-15)13-28-23(30)29-14-18-16-8-11-32-20(16)6-5-19(18)24/h3-7,12-13,26H,1,8,10-11,14H2,2H3. The molecular formula is C23H21FN6O2. The van der Waals surface area contributed by atoms with Gasteiger partial charge in [0.2, 0.25) is 11.5 Å². The van der Waals surface area contributed by atoms with E-state index in [1.807, 2.05) is 6.07 Å². The summed E-state index contributed by atoms with van der Waals surface area (Å²) in [5.41, 5.74) is 3.12. The van der Waals surface area contributed by atoms with Crippen molar-refractivity contribution < 1.29 is 13.9 Å². The van der Waals surface area contributed by atoms with Gasteiger partial charge >= 0.3 is 0 Å². The molecule has 162 valence electrons. The Morgan fingerprint density at radius 1 is 1.34 bits per heavy atom. The van der Waals surface area contributed by atoms with E-state index in [2.05, 4.69) is 32.9 Å². The minimum atomic E-state index is -0.327. The van der Waals surface area contributed by atoms with E-state index in [0.29, 0.717) is 47.2 Å². The summed E-state index contributed by atoms with van der Waals surface area (Å²) >= 11 is 0. The molecule has 1 N–H and O–H groups in total. The van der Waals surface area contributed by atoms with Gasteiger partial charge < -0.3 is 14.8 Å².